The quantitative estimate of drug-likeness (QED) is 0.849. The van der Waals surface area contributed by atoms with Gasteiger partial charge in [0.1, 0.15) is 0 Å². The second-order valence-electron chi connectivity index (χ2n) is 4.77. The summed E-state index contributed by atoms with van der Waals surface area (Å²) in [4.78, 5) is 22.1. The van der Waals surface area contributed by atoms with E-state index in [0.29, 0.717) is 12.0 Å². The van der Waals surface area contributed by atoms with Crippen LogP contribution >= 0.6 is 0 Å². The molecule has 0 heterocycles. The Morgan fingerprint density at radius 1 is 1.24 bits per heavy atom. The van der Waals surface area contributed by atoms with Gasteiger partial charge in [0.25, 0.3) is 0 Å². The summed E-state index contributed by atoms with van der Waals surface area (Å²) in [5, 5.41) is 11.1. The van der Waals surface area contributed by atoms with E-state index in [-0.39, 0.29) is 24.8 Å². The van der Waals surface area contributed by atoms with Crippen molar-refractivity contribution < 1.29 is 27.9 Å². The molecule has 0 aliphatic carbocycles. The van der Waals surface area contributed by atoms with Gasteiger partial charge < -0.3 is 10.4 Å². The number of benzene rings is 1. The molecule has 0 aliphatic heterocycles. The summed E-state index contributed by atoms with van der Waals surface area (Å²) in [5.74, 6) is -1.30. The molecule has 4 nitrogen and oxygen atoms in total. The van der Waals surface area contributed by atoms with E-state index in [4.69, 9.17) is 5.11 Å². The Hall–Kier alpha value is -2.05. The van der Waals surface area contributed by atoms with Gasteiger partial charge in [0.2, 0.25) is 5.91 Å². The number of hydrogen-bond donors (Lipinski definition) is 2. The van der Waals surface area contributed by atoms with Gasteiger partial charge in [-0.2, -0.15) is 13.2 Å². The van der Waals surface area contributed by atoms with Gasteiger partial charge in [-0.1, -0.05) is 12.1 Å². The summed E-state index contributed by atoms with van der Waals surface area (Å²) in [5.41, 5.74) is -0.299. The van der Waals surface area contributed by atoms with Crippen molar-refractivity contribution in [2.45, 2.75) is 38.4 Å². The molecule has 2 N–H and O–H groups in total. The fourth-order valence-corrected chi connectivity index (χ4v) is 1.73. The number of carbonyl (C=O) groups is 2. The van der Waals surface area contributed by atoms with Crippen LogP contribution in [0.3, 0.4) is 0 Å². The molecule has 0 bridgehead atoms. The van der Waals surface area contributed by atoms with Crippen molar-refractivity contribution >= 4 is 11.9 Å². The van der Waals surface area contributed by atoms with Crippen LogP contribution in [0.15, 0.2) is 24.3 Å². The van der Waals surface area contributed by atoms with E-state index < -0.39 is 17.7 Å². The summed E-state index contributed by atoms with van der Waals surface area (Å²) in [7, 11) is 0. The number of rotatable bonds is 6. The van der Waals surface area contributed by atoms with Gasteiger partial charge in [-0.15, -0.1) is 0 Å². The maximum Gasteiger partial charge on any atom is 0.416 e. The predicted octanol–water partition coefficient (Wildman–Crippen LogP) is 2.62. The van der Waals surface area contributed by atoms with Gasteiger partial charge in [0, 0.05) is 12.5 Å². The van der Waals surface area contributed by atoms with Gasteiger partial charge in [0.15, 0.2) is 0 Å². The topological polar surface area (TPSA) is 66.4 Å². The highest BCUT2D eigenvalue weighted by atomic mass is 19.4. The highest BCUT2D eigenvalue weighted by Gasteiger charge is 2.29. The first-order chi connectivity index (χ1) is 9.68. The molecule has 0 aromatic heterocycles. The highest BCUT2D eigenvalue weighted by molar-refractivity contribution is 5.78. The third-order valence-corrected chi connectivity index (χ3v) is 2.84. The molecule has 116 valence electrons. The highest BCUT2D eigenvalue weighted by Crippen LogP contribution is 2.29. The molecule has 1 amide bonds. The molecule has 0 saturated heterocycles. The zero-order valence-corrected chi connectivity index (χ0v) is 11.4. The number of amides is 1. The molecule has 0 fully saturated rings. The standard InChI is InChI=1S/C14H16F3NO3/c1-9(2-7-13(20)21)18-12(19)8-10-3-5-11(6-4-10)14(15,16)17/h3-6,9H,2,7-8H2,1H3,(H,18,19)(H,20,21). The van der Waals surface area contributed by atoms with Crippen LogP contribution in [0.25, 0.3) is 0 Å². The summed E-state index contributed by atoms with van der Waals surface area (Å²) in [6.07, 6.45) is -4.20. The molecule has 0 aliphatic rings. The fourth-order valence-electron chi connectivity index (χ4n) is 1.73. The van der Waals surface area contributed by atoms with E-state index in [1.807, 2.05) is 0 Å². The van der Waals surface area contributed by atoms with Crippen LogP contribution in [0.1, 0.15) is 30.9 Å². The van der Waals surface area contributed by atoms with E-state index in [1.165, 1.54) is 12.1 Å². The number of aliphatic carboxylic acids is 1. The van der Waals surface area contributed by atoms with Crippen LogP contribution in [0.4, 0.5) is 13.2 Å². The van der Waals surface area contributed by atoms with Crippen LogP contribution in [0, 0.1) is 0 Å². The number of nitrogens with one attached hydrogen (secondary N) is 1. The molecule has 0 saturated carbocycles. The summed E-state index contributed by atoms with van der Waals surface area (Å²) < 4.78 is 37.1. The summed E-state index contributed by atoms with van der Waals surface area (Å²) in [6.45, 7) is 1.67. The van der Waals surface area contributed by atoms with Gasteiger partial charge in [-0.05, 0) is 31.0 Å². The van der Waals surface area contributed by atoms with Gasteiger partial charge in [0.05, 0.1) is 12.0 Å². The number of halogens is 3. The summed E-state index contributed by atoms with van der Waals surface area (Å²) >= 11 is 0. The Bertz CT molecular complexity index is 497. The molecule has 1 aromatic rings. The van der Waals surface area contributed by atoms with Crippen molar-refractivity contribution in [3.8, 4) is 0 Å². The maximum absolute atomic E-state index is 12.4. The first-order valence-corrected chi connectivity index (χ1v) is 6.36. The van der Waals surface area contributed by atoms with E-state index in [0.717, 1.165) is 12.1 Å². The predicted molar refractivity (Wildman–Crippen MR) is 69.6 cm³/mol. The lowest BCUT2D eigenvalue weighted by Gasteiger charge is -2.13. The Balaban J connectivity index is 2.49. The van der Waals surface area contributed by atoms with Crippen molar-refractivity contribution in [1.29, 1.82) is 0 Å². The molecular formula is C14H16F3NO3. The lowest BCUT2D eigenvalue weighted by molar-refractivity contribution is -0.138. The zero-order valence-electron chi connectivity index (χ0n) is 11.4. The Morgan fingerprint density at radius 2 is 1.81 bits per heavy atom. The Labute approximate surface area is 120 Å². The third-order valence-electron chi connectivity index (χ3n) is 2.84. The van der Waals surface area contributed by atoms with Crippen molar-refractivity contribution in [2.75, 3.05) is 0 Å². The monoisotopic (exact) mass is 303 g/mol. The van der Waals surface area contributed by atoms with Crippen molar-refractivity contribution in [3.63, 3.8) is 0 Å². The van der Waals surface area contributed by atoms with Crippen LogP contribution in [-0.4, -0.2) is 23.0 Å². The van der Waals surface area contributed by atoms with Crippen LogP contribution in [0.5, 0.6) is 0 Å². The number of hydrogen-bond acceptors (Lipinski definition) is 2. The number of carbonyl (C=O) groups excluding carboxylic acids is 1. The zero-order chi connectivity index (χ0) is 16.0. The second kappa shape index (κ2) is 7.10. The van der Waals surface area contributed by atoms with Crippen molar-refractivity contribution in [2.24, 2.45) is 0 Å². The van der Waals surface area contributed by atoms with Crippen LogP contribution < -0.4 is 5.32 Å². The lowest BCUT2D eigenvalue weighted by atomic mass is 10.1. The Morgan fingerprint density at radius 3 is 2.29 bits per heavy atom. The average molecular weight is 303 g/mol. The molecule has 21 heavy (non-hydrogen) atoms. The largest absolute Gasteiger partial charge is 0.481 e. The van der Waals surface area contributed by atoms with Gasteiger partial charge in [-0.25, -0.2) is 0 Å². The number of carboxylic acid groups (broad SMARTS) is 1. The first-order valence-electron chi connectivity index (χ1n) is 6.36. The number of carboxylic acids is 1. The third kappa shape index (κ3) is 6.29. The van der Waals surface area contributed by atoms with Crippen molar-refractivity contribution in [3.05, 3.63) is 35.4 Å². The smallest absolute Gasteiger partial charge is 0.416 e. The Kier molecular flexibility index (Phi) is 5.75. The minimum atomic E-state index is -4.40. The van der Waals surface area contributed by atoms with E-state index in [1.54, 1.807) is 6.92 Å². The van der Waals surface area contributed by atoms with E-state index >= 15 is 0 Å². The normalized spacial score (nSPS) is 12.8. The van der Waals surface area contributed by atoms with E-state index in [9.17, 15) is 22.8 Å². The van der Waals surface area contributed by atoms with E-state index in [2.05, 4.69) is 5.32 Å². The van der Waals surface area contributed by atoms with Crippen LogP contribution in [-0.2, 0) is 22.2 Å². The fraction of sp³-hybridized carbons (Fsp3) is 0.429. The average Bonchev–Trinajstić information content (AvgIpc) is 2.35. The van der Waals surface area contributed by atoms with Gasteiger partial charge >= 0.3 is 12.1 Å². The molecule has 1 aromatic carbocycles. The summed E-state index contributed by atoms with van der Waals surface area (Å²) in [6, 6.07) is 4.06. The SMILES string of the molecule is CC(CCC(=O)O)NC(=O)Cc1ccc(C(F)(F)F)cc1. The van der Waals surface area contributed by atoms with Crippen molar-refractivity contribution in [1.82, 2.24) is 5.32 Å². The molecular weight excluding hydrogens is 287 g/mol. The molecule has 0 spiro atoms. The maximum atomic E-state index is 12.4. The van der Waals surface area contributed by atoms with Crippen LogP contribution in [0.2, 0.25) is 0 Å². The first kappa shape index (κ1) is 17.0. The molecule has 7 heteroatoms. The second-order valence-corrected chi connectivity index (χ2v) is 4.77. The molecule has 1 atom stereocenters. The molecule has 1 rings (SSSR count). The molecule has 1 unspecified atom stereocenters. The minimum absolute atomic E-state index is 0.0461. The van der Waals surface area contributed by atoms with Gasteiger partial charge in [-0.3, -0.25) is 9.59 Å². The molecule has 0 radical (unpaired) electrons. The minimum Gasteiger partial charge on any atom is -0.481 e. The number of alkyl halides is 3. The lowest BCUT2D eigenvalue weighted by Crippen LogP contribution is -2.34.